The van der Waals surface area contributed by atoms with Crippen LogP contribution in [0.3, 0.4) is 0 Å². The van der Waals surface area contributed by atoms with Crippen LogP contribution in [0.1, 0.15) is 52.9 Å². The lowest BCUT2D eigenvalue weighted by atomic mass is 9.67. The molecule has 0 aliphatic heterocycles. The molecule has 0 unspecified atom stereocenters. The number of rotatable bonds is 7. The maximum absolute atomic E-state index is 5.84. The van der Waals surface area contributed by atoms with Gasteiger partial charge >= 0.3 is 0 Å². The highest BCUT2D eigenvalue weighted by molar-refractivity contribution is 4.89. The normalized spacial score (nSPS) is 20.0. The molecule has 2 heteroatoms. The van der Waals surface area contributed by atoms with Crippen molar-refractivity contribution in [2.45, 2.75) is 52.9 Å². The van der Waals surface area contributed by atoms with Gasteiger partial charge in [-0.25, -0.2) is 0 Å². The molecule has 1 saturated carbocycles. The number of hydrogen-bond donors (Lipinski definition) is 2. The van der Waals surface area contributed by atoms with E-state index in [4.69, 9.17) is 5.73 Å². The second-order valence-electron chi connectivity index (χ2n) is 6.00. The topological polar surface area (TPSA) is 38.0 Å². The van der Waals surface area contributed by atoms with Crippen molar-refractivity contribution in [1.82, 2.24) is 5.32 Å². The van der Waals surface area contributed by atoms with Crippen molar-refractivity contribution in [2.24, 2.45) is 16.6 Å². The van der Waals surface area contributed by atoms with E-state index in [1.54, 1.807) is 0 Å². The first-order valence-electron chi connectivity index (χ1n) is 6.44. The standard InChI is InChI=1S/C13H28N2/c1-4-12(2,3)11-15-9-8-13(10-14)6-5-7-13/h15H,4-11,14H2,1-3H3. The molecule has 0 bridgehead atoms. The summed E-state index contributed by atoms with van der Waals surface area (Å²) in [5.41, 5.74) is 6.78. The van der Waals surface area contributed by atoms with Crippen molar-refractivity contribution in [3.8, 4) is 0 Å². The van der Waals surface area contributed by atoms with Crippen LogP contribution in [-0.2, 0) is 0 Å². The maximum atomic E-state index is 5.84. The van der Waals surface area contributed by atoms with Crippen molar-refractivity contribution in [3.63, 3.8) is 0 Å². The first-order chi connectivity index (χ1) is 7.04. The second kappa shape index (κ2) is 5.31. The van der Waals surface area contributed by atoms with Gasteiger partial charge < -0.3 is 11.1 Å². The molecule has 1 fully saturated rings. The Hall–Kier alpha value is -0.0800. The molecule has 1 rings (SSSR count). The fourth-order valence-electron chi connectivity index (χ4n) is 2.14. The molecule has 0 amide bonds. The monoisotopic (exact) mass is 212 g/mol. The predicted octanol–water partition coefficient (Wildman–Crippen LogP) is 2.53. The van der Waals surface area contributed by atoms with Crippen LogP contribution in [-0.4, -0.2) is 19.6 Å². The molecule has 0 saturated heterocycles. The van der Waals surface area contributed by atoms with Gasteiger partial charge in [0.25, 0.3) is 0 Å². The van der Waals surface area contributed by atoms with Gasteiger partial charge in [-0.05, 0) is 49.6 Å². The van der Waals surface area contributed by atoms with Crippen molar-refractivity contribution in [3.05, 3.63) is 0 Å². The minimum absolute atomic E-state index is 0.440. The van der Waals surface area contributed by atoms with Gasteiger partial charge in [0, 0.05) is 6.54 Å². The molecule has 0 atom stereocenters. The van der Waals surface area contributed by atoms with Crippen LogP contribution in [0.25, 0.3) is 0 Å². The van der Waals surface area contributed by atoms with Crippen LogP contribution in [0, 0.1) is 10.8 Å². The molecule has 1 aliphatic rings. The molecule has 90 valence electrons. The SMILES string of the molecule is CCC(C)(C)CNCCC1(CN)CCC1. The zero-order valence-electron chi connectivity index (χ0n) is 10.7. The lowest BCUT2D eigenvalue weighted by Gasteiger charge is -2.41. The summed E-state index contributed by atoms with van der Waals surface area (Å²) < 4.78 is 0. The van der Waals surface area contributed by atoms with Crippen molar-refractivity contribution < 1.29 is 0 Å². The Kier molecular flexibility index (Phi) is 4.60. The third kappa shape index (κ3) is 3.76. The first kappa shape index (κ1) is 13.0. The third-order valence-electron chi connectivity index (χ3n) is 4.24. The van der Waals surface area contributed by atoms with Gasteiger partial charge in [0.15, 0.2) is 0 Å². The highest BCUT2D eigenvalue weighted by Gasteiger charge is 2.34. The number of nitrogens with two attached hydrogens (primary N) is 1. The third-order valence-corrected chi connectivity index (χ3v) is 4.24. The molecule has 1 aliphatic carbocycles. The summed E-state index contributed by atoms with van der Waals surface area (Å²) in [6.45, 7) is 10.1. The smallest absolute Gasteiger partial charge is 0.000242 e. The quantitative estimate of drug-likeness (QED) is 0.636. The van der Waals surface area contributed by atoms with Gasteiger partial charge in [-0.3, -0.25) is 0 Å². The molecule has 0 aromatic rings. The molecule has 15 heavy (non-hydrogen) atoms. The molecular weight excluding hydrogens is 184 g/mol. The Morgan fingerprint density at radius 2 is 2.00 bits per heavy atom. The van der Waals surface area contributed by atoms with Crippen LogP contribution in [0.4, 0.5) is 0 Å². The van der Waals surface area contributed by atoms with E-state index < -0.39 is 0 Å². The number of nitrogens with one attached hydrogen (secondary N) is 1. The molecule has 0 aromatic heterocycles. The lowest BCUT2D eigenvalue weighted by Crippen LogP contribution is -2.40. The molecule has 0 spiro atoms. The van der Waals surface area contributed by atoms with E-state index in [0.29, 0.717) is 10.8 Å². The fourth-order valence-corrected chi connectivity index (χ4v) is 2.14. The Morgan fingerprint density at radius 1 is 1.33 bits per heavy atom. The predicted molar refractivity (Wildman–Crippen MR) is 66.9 cm³/mol. The van der Waals surface area contributed by atoms with Gasteiger partial charge in [0.1, 0.15) is 0 Å². The average Bonchev–Trinajstić information content (AvgIpc) is 2.16. The van der Waals surface area contributed by atoms with E-state index in [-0.39, 0.29) is 0 Å². The van der Waals surface area contributed by atoms with E-state index in [0.717, 1.165) is 19.6 Å². The summed E-state index contributed by atoms with van der Waals surface area (Å²) in [5.74, 6) is 0. The Morgan fingerprint density at radius 3 is 2.40 bits per heavy atom. The van der Waals surface area contributed by atoms with Gasteiger partial charge in [-0.1, -0.05) is 27.2 Å². The first-order valence-corrected chi connectivity index (χ1v) is 6.44. The lowest BCUT2D eigenvalue weighted by molar-refractivity contribution is 0.128. The average molecular weight is 212 g/mol. The van der Waals surface area contributed by atoms with E-state index in [2.05, 4.69) is 26.1 Å². The van der Waals surface area contributed by atoms with Crippen molar-refractivity contribution in [2.75, 3.05) is 19.6 Å². The maximum Gasteiger partial charge on any atom is 0.000242 e. The van der Waals surface area contributed by atoms with Gasteiger partial charge in [0.2, 0.25) is 0 Å². The van der Waals surface area contributed by atoms with E-state index >= 15 is 0 Å². The Labute approximate surface area is 95.0 Å². The van der Waals surface area contributed by atoms with E-state index in [1.165, 1.54) is 32.1 Å². The summed E-state index contributed by atoms with van der Waals surface area (Å²) in [4.78, 5) is 0. The number of hydrogen-bond acceptors (Lipinski definition) is 2. The molecular formula is C13H28N2. The summed E-state index contributed by atoms with van der Waals surface area (Å²) in [5, 5.41) is 3.58. The van der Waals surface area contributed by atoms with E-state index in [1.807, 2.05) is 0 Å². The Bertz CT molecular complexity index is 177. The van der Waals surface area contributed by atoms with Gasteiger partial charge in [0.05, 0.1) is 0 Å². The highest BCUT2D eigenvalue weighted by Crippen LogP contribution is 2.42. The van der Waals surface area contributed by atoms with Crippen LogP contribution in [0.2, 0.25) is 0 Å². The van der Waals surface area contributed by atoms with Crippen molar-refractivity contribution in [1.29, 1.82) is 0 Å². The van der Waals surface area contributed by atoms with Crippen LogP contribution < -0.4 is 11.1 Å². The molecule has 0 radical (unpaired) electrons. The van der Waals surface area contributed by atoms with Crippen LogP contribution in [0.15, 0.2) is 0 Å². The summed E-state index contributed by atoms with van der Waals surface area (Å²) >= 11 is 0. The minimum Gasteiger partial charge on any atom is -0.330 e. The fraction of sp³-hybridized carbons (Fsp3) is 1.00. The van der Waals surface area contributed by atoms with Crippen LogP contribution in [0.5, 0.6) is 0 Å². The zero-order chi connectivity index (χ0) is 11.4. The van der Waals surface area contributed by atoms with Crippen LogP contribution >= 0.6 is 0 Å². The summed E-state index contributed by atoms with van der Waals surface area (Å²) in [7, 11) is 0. The minimum atomic E-state index is 0.440. The zero-order valence-corrected chi connectivity index (χ0v) is 10.7. The second-order valence-corrected chi connectivity index (χ2v) is 6.00. The molecule has 0 aromatic carbocycles. The summed E-state index contributed by atoms with van der Waals surface area (Å²) in [6.07, 6.45) is 6.59. The highest BCUT2D eigenvalue weighted by atomic mass is 14.9. The molecule has 2 nitrogen and oxygen atoms in total. The Balaban J connectivity index is 2.11. The molecule has 0 heterocycles. The summed E-state index contributed by atoms with van der Waals surface area (Å²) in [6, 6.07) is 0. The van der Waals surface area contributed by atoms with Gasteiger partial charge in [-0.15, -0.1) is 0 Å². The molecule has 3 N–H and O–H groups in total. The van der Waals surface area contributed by atoms with Crippen molar-refractivity contribution >= 4 is 0 Å². The van der Waals surface area contributed by atoms with Gasteiger partial charge in [-0.2, -0.15) is 0 Å². The largest absolute Gasteiger partial charge is 0.330 e. The van der Waals surface area contributed by atoms with E-state index in [9.17, 15) is 0 Å².